The first-order valence-corrected chi connectivity index (χ1v) is 9.93. The highest BCUT2D eigenvalue weighted by atomic mass is 35.5. The molecule has 0 saturated carbocycles. The van der Waals surface area contributed by atoms with Gasteiger partial charge in [-0.3, -0.25) is 4.57 Å². The highest BCUT2D eigenvalue weighted by molar-refractivity contribution is 6.28. The van der Waals surface area contributed by atoms with E-state index in [4.69, 9.17) is 16.3 Å². The van der Waals surface area contributed by atoms with E-state index in [2.05, 4.69) is 4.98 Å². The highest BCUT2D eigenvalue weighted by Gasteiger charge is 2.32. The van der Waals surface area contributed by atoms with E-state index in [9.17, 15) is 20.0 Å². The van der Waals surface area contributed by atoms with Gasteiger partial charge in [0.2, 0.25) is 0 Å². The molecule has 1 atom stereocenters. The lowest BCUT2D eigenvalue weighted by Gasteiger charge is -2.39. The lowest BCUT2D eigenvalue weighted by molar-refractivity contribution is -0.389. The van der Waals surface area contributed by atoms with Gasteiger partial charge < -0.3 is 29.8 Å². The molecule has 0 spiro atoms. The number of likely N-dealkylation sites (tertiary alicyclic amines) is 1. The van der Waals surface area contributed by atoms with Crippen LogP contribution in [0, 0.1) is 10.1 Å². The third kappa shape index (κ3) is 6.83. The van der Waals surface area contributed by atoms with Crippen LogP contribution in [0.15, 0.2) is 6.20 Å². The first-order valence-electron chi connectivity index (χ1n) is 9.55. The molecule has 29 heavy (non-hydrogen) atoms. The predicted octanol–water partition coefficient (Wildman–Crippen LogP) is 2.53. The van der Waals surface area contributed by atoms with Crippen LogP contribution in [0.4, 0.5) is 10.6 Å². The number of halogens is 1. The zero-order valence-electron chi connectivity index (χ0n) is 17.6. The minimum atomic E-state index is -1.17. The minimum absolute atomic E-state index is 0.0368. The Hall–Kier alpha value is -1.91. The SMILES string of the molecule is CN(C[C@](C)(O)Cn1cc([N+](=O)[O-])nc1Cl)C1CCN(C(=O)OC(C)(C)C)CC1. The summed E-state index contributed by atoms with van der Waals surface area (Å²) in [6.07, 6.45) is 2.45. The summed E-state index contributed by atoms with van der Waals surface area (Å²) >= 11 is 5.95. The number of amides is 1. The van der Waals surface area contributed by atoms with Gasteiger partial charge in [0.25, 0.3) is 0 Å². The lowest BCUT2D eigenvalue weighted by atomic mass is 10.0. The Morgan fingerprint density at radius 3 is 2.48 bits per heavy atom. The Kier molecular flexibility index (Phi) is 7.13. The maximum absolute atomic E-state index is 12.2. The average Bonchev–Trinajstić information content (AvgIpc) is 2.93. The largest absolute Gasteiger partial charge is 0.444 e. The maximum atomic E-state index is 12.2. The van der Waals surface area contributed by atoms with E-state index in [1.165, 1.54) is 10.8 Å². The Balaban J connectivity index is 1.89. The quantitative estimate of drug-likeness (QED) is 0.543. The topological polar surface area (TPSA) is 114 Å². The van der Waals surface area contributed by atoms with Crippen LogP contribution in [0.3, 0.4) is 0 Å². The summed E-state index contributed by atoms with van der Waals surface area (Å²) in [7, 11) is 1.92. The number of likely N-dealkylation sites (N-methyl/N-ethyl adjacent to an activating group) is 1. The molecule has 1 aromatic rings. The van der Waals surface area contributed by atoms with Gasteiger partial charge in [0.05, 0.1) is 12.1 Å². The summed E-state index contributed by atoms with van der Waals surface area (Å²) in [5.41, 5.74) is -1.69. The zero-order chi connectivity index (χ0) is 22.0. The summed E-state index contributed by atoms with van der Waals surface area (Å²) < 4.78 is 6.79. The van der Waals surface area contributed by atoms with E-state index >= 15 is 0 Å². The molecule has 164 valence electrons. The molecular weight excluding hydrogens is 402 g/mol. The number of hydrogen-bond donors (Lipinski definition) is 1. The molecule has 2 rings (SSSR count). The number of ether oxygens (including phenoxy) is 1. The van der Waals surface area contributed by atoms with E-state index in [0.717, 1.165) is 12.8 Å². The van der Waals surface area contributed by atoms with Gasteiger partial charge in [-0.1, -0.05) is 0 Å². The molecule has 0 unspecified atom stereocenters. The van der Waals surface area contributed by atoms with Crippen molar-refractivity contribution in [1.29, 1.82) is 0 Å². The molecule has 2 heterocycles. The highest BCUT2D eigenvalue weighted by Crippen LogP contribution is 2.22. The fourth-order valence-corrected chi connectivity index (χ4v) is 3.67. The Labute approximate surface area is 175 Å². The predicted molar refractivity (Wildman–Crippen MR) is 108 cm³/mol. The third-order valence-electron chi connectivity index (χ3n) is 4.74. The smallest absolute Gasteiger partial charge is 0.410 e. The second-order valence-corrected chi connectivity index (χ2v) is 9.20. The van der Waals surface area contributed by atoms with Crippen LogP contribution in [-0.4, -0.2) is 79.4 Å². The van der Waals surface area contributed by atoms with Crippen molar-refractivity contribution >= 4 is 23.5 Å². The Bertz CT molecular complexity index is 737. The van der Waals surface area contributed by atoms with Crippen LogP contribution in [0.5, 0.6) is 0 Å². The molecule has 0 aliphatic carbocycles. The van der Waals surface area contributed by atoms with Crippen molar-refractivity contribution in [2.45, 2.75) is 64.3 Å². The molecule has 1 aromatic heterocycles. The van der Waals surface area contributed by atoms with Crippen LogP contribution in [0.2, 0.25) is 5.28 Å². The van der Waals surface area contributed by atoms with Gasteiger partial charge in [-0.2, -0.15) is 0 Å². The van der Waals surface area contributed by atoms with Gasteiger partial charge >= 0.3 is 17.2 Å². The Morgan fingerprint density at radius 2 is 2.00 bits per heavy atom. The van der Waals surface area contributed by atoms with Crippen molar-refractivity contribution in [3.05, 3.63) is 21.6 Å². The summed E-state index contributed by atoms with van der Waals surface area (Å²) in [5, 5.41) is 21.6. The van der Waals surface area contributed by atoms with E-state index in [0.29, 0.717) is 19.6 Å². The number of aliphatic hydroxyl groups is 1. The normalized spacial score (nSPS) is 18.0. The maximum Gasteiger partial charge on any atom is 0.410 e. The number of nitrogens with zero attached hydrogens (tertiary/aromatic N) is 5. The number of piperidine rings is 1. The van der Waals surface area contributed by atoms with Crippen LogP contribution in [0.1, 0.15) is 40.5 Å². The molecule has 1 saturated heterocycles. The van der Waals surface area contributed by atoms with Crippen LogP contribution < -0.4 is 0 Å². The number of imidazole rings is 1. The van der Waals surface area contributed by atoms with E-state index in [1.807, 2.05) is 32.7 Å². The summed E-state index contributed by atoms with van der Waals surface area (Å²) in [6, 6.07) is 0.202. The number of aromatic nitrogens is 2. The van der Waals surface area contributed by atoms with Crippen molar-refractivity contribution in [3.8, 4) is 0 Å². The van der Waals surface area contributed by atoms with Gasteiger partial charge in [0.15, 0.2) is 0 Å². The Morgan fingerprint density at radius 1 is 1.41 bits per heavy atom. The summed E-state index contributed by atoms with van der Waals surface area (Å²) in [6.45, 7) is 8.77. The fourth-order valence-electron chi connectivity index (χ4n) is 3.48. The number of carbonyl (C=O) groups excluding carboxylic acids is 1. The first-order chi connectivity index (χ1) is 13.3. The minimum Gasteiger partial charge on any atom is -0.444 e. The zero-order valence-corrected chi connectivity index (χ0v) is 18.3. The van der Waals surface area contributed by atoms with Crippen LogP contribution in [0.25, 0.3) is 0 Å². The molecule has 11 heteroatoms. The summed E-state index contributed by atoms with van der Waals surface area (Å²) in [4.78, 5) is 29.8. The van der Waals surface area contributed by atoms with Crippen molar-refractivity contribution in [2.75, 3.05) is 26.7 Å². The van der Waals surface area contributed by atoms with E-state index in [-0.39, 0.29) is 29.8 Å². The lowest BCUT2D eigenvalue weighted by Crippen LogP contribution is -2.51. The van der Waals surface area contributed by atoms with Gasteiger partial charge in [-0.05, 0) is 69.1 Å². The summed E-state index contributed by atoms with van der Waals surface area (Å²) in [5.74, 6) is -0.353. The molecule has 0 radical (unpaired) electrons. The van der Waals surface area contributed by atoms with Crippen molar-refractivity contribution in [2.24, 2.45) is 0 Å². The second-order valence-electron chi connectivity index (χ2n) is 8.86. The third-order valence-corrected chi connectivity index (χ3v) is 5.04. The van der Waals surface area contributed by atoms with Crippen molar-refractivity contribution in [3.63, 3.8) is 0 Å². The molecule has 1 aliphatic heterocycles. The van der Waals surface area contributed by atoms with E-state index < -0.39 is 16.1 Å². The van der Waals surface area contributed by atoms with E-state index in [1.54, 1.807) is 11.8 Å². The van der Waals surface area contributed by atoms with Gasteiger partial charge in [0.1, 0.15) is 11.8 Å². The molecule has 1 fully saturated rings. The monoisotopic (exact) mass is 431 g/mol. The molecule has 0 bridgehead atoms. The van der Waals surface area contributed by atoms with Gasteiger partial charge in [0, 0.05) is 25.7 Å². The van der Waals surface area contributed by atoms with Crippen molar-refractivity contribution in [1.82, 2.24) is 19.4 Å². The number of nitro groups is 1. The number of rotatable bonds is 6. The number of carbonyl (C=O) groups is 1. The first kappa shape index (κ1) is 23.4. The molecule has 1 aliphatic rings. The fraction of sp³-hybridized carbons (Fsp3) is 0.778. The second kappa shape index (κ2) is 8.85. The standard InChI is InChI=1S/C18H30ClN5O5/c1-17(2,3)29-16(25)22-8-6-13(7-9-22)21(5)11-18(4,26)12-23-10-14(24(27)28)20-15(23)19/h10,13,26H,6-9,11-12H2,1-5H3/t18-/m0/s1. The van der Waals surface area contributed by atoms with Gasteiger partial charge in [-0.15, -0.1) is 0 Å². The van der Waals surface area contributed by atoms with Gasteiger partial charge in [-0.25, -0.2) is 4.79 Å². The molecule has 10 nitrogen and oxygen atoms in total. The molecule has 1 amide bonds. The molecular formula is C18H30ClN5O5. The molecule has 0 aromatic carbocycles. The van der Waals surface area contributed by atoms with Crippen LogP contribution in [-0.2, 0) is 11.3 Å². The number of hydrogen-bond acceptors (Lipinski definition) is 7. The van der Waals surface area contributed by atoms with Crippen LogP contribution >= 0.6 is 11.6 Å². The molecule has 1 N–H and O–H groups in total. The average molecular weight is 432 g/mol. The van der Waals surface area contributed by atoms with Crippen molar-refractivity contribution < 1.29 is 19.6 Å².